The predicted molar refractivity (Wildman–Crippen MR) is 93.0 cm³/mol. The number of carbonyl (C=O) groups is 1. The van der Waals surface area contributed by atoms with Crippen LogP contribution in [0.15, 0.2) is 18.7 Å². The van der Waals surface area contributed by atoms with Crippen LogP contribution in [0.3, 0.4) is 0 Å². The third-order valence-corrected chi connectivity index (χ3v) is 4.44. The van der Waals surface area contributed by atoms with Crippen molar-refractivity contribution in [1.29, 1.82) is 0 Å². The molecule has 0 spiro atoms. The van der Waals surface area contributed by atoms with Crippen LogP contribution >= 0.6 is 0 Å². The second-order valence-electron chi connectivity index (χ2n) is 6.71. The van der Waals surface area contributed by atoms with Crippen LogP contribution in [0.2, 0.25) is 0 Å². The first-order chi connectivity index (χ1) is 12.0. The van der Waals surface area contributed by atoms with Crippen LogP contribution in [0.1, 0.15) is 48.3 Å². The lowest BCUT2D eigenvalue weighted by Gasteiger charge is -2.22. The summed E-state index contributed by atoms with van der Waals surface area (Å²) in [5, 5.41) is 8.27. The van der Waals surface area contributed by atoms with Crippen LogP contribution in [-0.2, 0) is 6.54 Å². The molecule has 1 aliphatic heterocycles. The Morgan fingerprint density at radius 1 is 1.16 bits per heavy atom. The molecule has 1 saturated heterocycles. The van der Waals surface area contributed by atoms with Gasteiger partial charge >= 0.3 is 0 Å². The molecule has 2 aromatic rings. The van der Waals surface area contributed by atoms with E-state index in [1.807, 2.05) is 11.8 Å². The van der Waals surface area contributed by atoms with Crippen molar-refractivity contribution in [3.05, 3.63) is 35.9 Å². The van der Waals surface area contributed by atoms with Crippen molar-refractivity contribution in [1.82, 2.24) is 34.5 Å². The zero-order valence-corrected chi connectivity index (χ0v) is 15.1. The van der Waals surface area contributed by atoms with Gasteiger partial charge in [0.2, 0.25) is 0 Å². The second kappa shape index (κ2) is 7.69. The van der Waals surface area contributed by atoms with Crippen molar-refractivity contribution in [2.24, 2.45) is 0 Å². The molecule has 3 rings (SSSR count). The van der Waals surface area contributed by atoms with Gasteiger partial charge in [-0.1, -0.05) is 0 Å². The number of nitrogens with zero attached hydrogens (tertiary/aromatic N) is 7. The Morgan fingerprint density at radius 3 is 2.72 bits per heavy atom. The van der Waals surface area contributed by atoms with Crippen LogP contribution in [-0.4, -0.2) is 66.6 Å². The quantitative estimate of drug-likeness (QED) is 0.833. The van der Waals surface area contributed by atoms with Gasteiger partial charge in [-0.3, -0.25) is 14.7 Å². The number of carbonyl (C=O) groups excluding carboxylic acids is 1. The maximum atomic E-state index is 12.6. The molecule has 1 fully saturated rings. The molecule has 1 aliphatic rings. The molecular formula is C17H25N7O. The Balaban J connectivity index is 1.61. The van der Waals surface area contributed by atoms with Gasteiger partial charge in [0.1, 0.15) is 17.8 Å². The van der Waals surface area contributed by atoms with E-state index in [2.05, 4.69) is 43.5 Å². The fourth-order valence-corrected chi connectivity index (χ4v) is 3.01. The number of rotatable bonds is 4. The van der Waals surface area contributed by atoms with Crippen LogP contribution in [0, 0.1) is 6.92 Å². The van der Waals surface area contributed by atoms with E-state index in [1.54, 1.807) is 18.7 Å². The SMILES string of the molecule is Cc1cnc(C(=O)N2CCCN(Cc3nncn3C(C)C)CC2)cn1. The van der Waals surface area contributed by atoms with Gasteiger partial charge in [-0.2, -0.15) is 0 Å². The molecule has 0 atom stereocenters. The van der Waals surface area contributed by atoms with Gasteiger partial charge in [0.05, 0.1) is 18.4 Å². The molecule has 2 aromatic heterocycles. The molecule has 0 aromatic carbocycles. The predicted octanol–water partition coefficient (Wildman–Crippen LogP) is 1.31. The van der Waals surface area contributed by atoms with E-state index in [0.29, 0.717) is 18.3 Å². The molecule has 0 saturated carbocycles. The number of aryl methyl sites for hydroxylation is 1. The summed E-state index contributed by atoms with van der Waals surface area (Å²) < 4.78 is 2.09. The van der Waals surface area contributed by atoms with Gasteiger partial charge < -0.3 is 9.47 Å². The maximum absolute atomic E-state index is 12.6. The highest BCUT2D eigenvalue weighted by atomic mass is 16.2. The minimum Gasteiger partial charge on any atom is -0.336 e. The van der Waals surface area contributed by atoms with Gasteiger partial charge in [-0.05, 0) is 27.2 Å². The number of aromatic nitrogens is 5. The molecule has 0 unspecified atom stereocenters. The van der Waals surface area contributed by atoms with E-state index in [4.69, 9.17) is 0 Å². The highest BCUT2D eigenvalue weighted by Crippen LogP contribution is 2.12. The van der Waals surface area contributed by atoms with Crippen LogP contribution in [0.5, 0.6) is 0 Å². The summed E-state index contributed by atoms with van der Waals surface area (Å²) in [6, 6.07) is 0.343. The first-order valence-corrected chi connectivity index (χ1v) is 8.73. The Kier molecular flexibility index (Phi) is 5.37. The van der Waals surface area contributed by atoms with Crippen molar-refractivity contribution in [2.75, 3.05) is 26.2 Å². The van der Waals surface area contributed by atoms with Gasteiger partial charge in [0, 0.05) is 38.4 Å². The molecule has 8 heteroatoms. The van der Waals surface area contributed by atoms with E-state index < -0.39 is 0 Å². The zero-order valence-electron chi connectivity index (χ0n) is 15.1. The smallest absolute Gasteiger partial charge is 0.274 e. The Labute approximate surface area is 147 Å². The van der Waals surface area contributed by atoms with E-state index in [9.17, 15) is 4.79 Å². The average Bonchev–Trinajstić information content (AvgIpc) is 2.93. The third kappa shape index (κ3) is 4.19. The molecule has 1 amide bonds. The summed E-state index contributed by atoms with van der Waals surface area (Å²) in [5.41, 5.74) is 1.23. The van der Waals surface area contributed by atoms with E-state index in [0.717, 1.165) is 44.1 Å². The van der Waals surface area contributed by atoms with Gasteiger partial charge in [0.25, 0.3) is 5.91 Å². The molecule has 0 radical (unpaired) electrons. The fourth-order valence-electron chi connectivity index (χ4n) is 3.01. The molecule has 134 valence electrons. The Bertz CT molecular complexity index is 710. The first kappa shape index (κ1) is 17.5. The van der Waals surface area contributed by atoms with Crippen LogP contribution in [0.25, 0.3) is 0 Å². The largest absolute Gasteiger partial charge is 0.336 e. The van der Waals surface area contributed by atoms with Gasteiger partial charge in [-0.15, -0.1) is 10.2 Å². The minimum atomic E-state index is -0.0419. The number of amides is 1. The van der Waals surface area contributed by atoms with E-state index in [1.165, 1.54) is 0 Å². The summed E-state index contributed by atoms with van der Waals surface area (Å²) in [7, 11) is 0. The summed E-state index contributed by atoms with van der Waals surface area (Å²) >= 11 is 0. The maximum Gasteiger partial charge on any atom is 0.274 e. The van der Waals surface area contributed by atoms with Crippen LogP contribution in [0.4, 0.5) is 0 Å². The van der Waals surface area contributed by atoms with Crippen molar-refractivity contribution in [3.8, 4) is 0 Å². The fraction of sp³-hybridized carbons (Fsp3) is 0.588. The van der Waals surface area contributed by atoms with Crippen molar-refractivity contribution < 1.29 is 4.79 Å². The standard InChI is InChI=1S/C17H25N7O/c1-13(2)24-12-20-21-16(24)11-22-5-4-6-23(8-7-22)17(25)15-10-18-14(3)9-19-15/h9-10,12-13H,4-8,11H2,1-3H3. The molecule has 3 heterocycles. The van der Waals surface area contributed by atoms with Crippen LogP contribution < -0.4 is 0 Å². The number of hydrogen-bond acceptors (Lipinski definition) is 6. The topological polar surface area (TPSA) is 80.0 Å². The lowest BCUT2D eigenvalue weighted by molar-refractivity contribution is 0.0754. The van der Waals surface area contributed by atoms with Crippen molar-refractivity contribution in [3.63, 3.8) is 0 Å². The normalized spacial score (nSPS) is 16.2. The Morgan fingerprint density at radius 2 is 2.00 bits per heavy atom. The summed E-state index contributed by atoms with van der Waals surface area (Å²) in [4.78, 5) is 25.2. The molecule has 8 nitrogen and oxygen atoms in total. The summed E-state index contributed by atoms with van der Waals surface area (Å²) in [6.07, 6.45) is 5.91. The third-order valence-electron chi connectivity index (χ3n) is 4.44. The minimum absolute atomic E-state index is 0.0419. The zero-order chi connectivity index (χ0) is 17.8. The van der Waals surface area contributed by atoms with Gasteiger partial charge in [-0.25, -0.2) is 4.98 Å². The molecule has 0 N–H and O–H groups in total. The first-order valence-electron chi connectivity index (χ1n) is 8.73. The van der Waals surface area contributed by atoms with Crippen molar-refractivity contribution >= 4 is 5.91 Å². The van der Waals surface area contributed by atoms with E-state index in [-0.39, 0.29) is 5.91 Å². The molecular weight excluding hydrogens is 318 g/mol. The summed E-state index contributed by atoms with van der Waals surface area (Å²) in [5.74, 6) is 0.930. The monoisotopic (exact) mass is 343 g/mol. The van der Waals surface area contributed by atoms with E-state index >= 15 is 0 Å². The highest BCUT2D eigenvalue weighted by molar-refractivity contribution is 5.92. The highest BCUT2D eigenvalue weighted by Gasteiger charge is 2.22. The molecule has 0 bridgehead atoms. The van der Waals surface area contributed by atoms with Crippen molar-refractivity contribution in [2.45, 2.75) is 39.8 Å². The lowest BCUT2D eigenvalue weighted by atomic mass is 10.3. The summed E-state index contributed by atoms with van der Waals surface area (Å²) in [6.45, 7) is 10.0. The average molecular weight is 343 g/mol. The molecule has 0 aliphatic carbocycles. The second-order valence-corrected chi connectivity index (χ2v) is 6.71. The van der Waals surface area contributed by atoms with Gasteiger partial charge in [0.15, 0.2) is 0 Å². The number of hydrogen-bond donors (Lipinski definition) is 0. The lowest BCUT2D eigenvalue weighted by Crippen LogP contribution is -2.35. The Hall–Kier alpha value is -2.35. The molecule has 25 heavy (non-hydrogen) atoms.